The quantitative estimate of drug-likeness (QED) is 0.129. The lowest BCUT2D eigenvalue weighted by Gasteiger charge is -2.11. The molecule has 4 heterocycles. The number of aromatic nitrogens is 2. The molecule has 0 saturated carbocycles. The molecule has 0 atom stereocenters. The zero-order valence-corrected chi connectivity index (χ0v) is 66.8. The lowest BCUT2D eigenvalue weighted by Crippen LogP contribution is -1.93. The molecule has 0 bridgehead atoms. The Morgan fingerprint density at radius 3 is 0.819 bits per heavy atom. The van der Waals surface area contributed by atoms with Crippen LogP contribution in [0.25, 0.3) is 184 Å². The van der Waals surface area contributed by atoms with E-state index in [2.05, 4.69) is 461 Å². The second kappa shape index (κ2) is 31.9. The molecule has 0 radical (unpaired) electrons. The number of fused-ring (bicyclic) bond motifs is 12. The van der Waals surface area contributed by atoms with Gasteiger partial charge in [0.25, 0.3) is 0 Å². The summed E-state index contributed by atoms with van der Waals surface area (Å²) in [4.78, 5) is 0. The normalized spacial score (nSPS) is 11.3. The van der Waals surface area contributed by atoms with E-state index in [4.69, 9.17) is 0 Å². The topological polar surface area (TPSA) is 9.86 Å². The molecule has 22 rings (SSSR count). The molecule has 22 aromatic rings. The zero-order chi connectivity index (χ0) is 78.0. The largest absolute Gasteiger partial charge is 0.309 e. The average molecular weight is 1520 g/mol. The maximum Gasteiger partial charge on any atom is 0.0547 e. The van der Waals surface area contributed by atoms with Gasteiger partial charge in [-0.15, -0.1) is 22.7 Å². The monoisotopic (exact) mass is 1520 g/mol. The van der Waals surface area contributed by atoms with Gasteiger partial charge in [-0.25, -0.2) is 0 Å². The van der Waals surface area contributed by atoms with Gasteiger partial charge in [-0.1, -0.05) is 352 Å². The van der Waals surface area contributed by atoms with Crippen molar-refractivity contribution in [2.24, 2.45) is 0 Å². The van der Waals surface area contributed by atoms with Crippen molar-refractivity contribution >= 4 is 107 Å². The molecule has 18 aromatic carbocycles. The van der Waals surface area contributed by atoms with Crippen molar-refractivity contribution in [3.05, 3.63) is 447 Å². The van der Waals surface area contributed by atoms with Crippen LogP contribution in [0, 0.1) is 27.7 Å². The fourth-order valence-corrected chi connectivity index (χ4v) is 19.5. The third kappa shape index (κ3) is 13.9. The van der Waals surface area contributed by atoms with Crippen LogP contribution >= 0.6 is 22.7 Å². The summed E-state index contributed by atoms with van der Waals surface area (Å²) in [5.74, 6) is 0. The first-order valence-electron chi connectivity index (χ1n) is 39.9. The molecule has 4 aromatic heterocycles. The van der Waals surface area contributed by atoms with Crippen molar-refractivity contribution in [1.29, 1.82) is 0 Å². The van der Waals surface area contributed by atoms with E-state index >= 15 is 0 Å². The standard InChI is InChI=1S/2C31H23N.2C25H18S/c1-22-21-24(19-20-26(22)23-11-4-2-5-12-23)27-16-10-18-30-31(27)28-15-8-9-17-29(28)32(30)25-13-6-3-7-14-25;1-22-10-5-6-13-26(22)23-18-20-24(21-19-23)27-15-9-17-30-31(27)28-14-7-8-16-29(28)32(30)25-11-3-2-4-12-25;1-17-7-2-3-8-20(17)18-13-15-19(16-14-18)21-10-6-12-24-25(21)22-9-4-5-11-23(22)26-24;1-17-16-19(14-15-20(17)18-8-3-2-4-9-18)21-11-7-13-24-25(21)22-10-5-6-12-23(22)26-24/h2*2-21H,1H3;2*2-16H,1H3. The molecule has 552 valence electrons. The Morgan fingerprint density at radius 2 is 0.422 bits per heavy atom. The van der Waals surface area contributed by atoms with Gasteiger partial charge in [-0.2, -0.15) is 0 Å². The molecule has 0 N–H and O–H groups in total. The molecule has 0 aliphatic heterocycles. The minimum absolute atomic E-state index is 1.19. The molecule has 0 unspecified atom stereocenters. The van der Waals surface area contributed by atoms with E-state index in [0.29, 0.717) is 0 Å². The first-order valence-corrected chi connectivity index (χ1v) is 41.5. The Labute approximate surface area is 685 Å². The summed E-state index contributed by atoms with van der Waals surface area (Å²) >= 11 is 3.75. The summed E-state index contributed by atoms with van der Waals surface area (Å²) < 4.78 is 10.2. The first kappa shape index (κ1) is 72.3. The Balaban J connectivity index is 0.000000104. The highest BCUT2D eigenvalue weighted by Crippen LogP contribution is 2.46. The predicted octanol–water partition coefficient (Wildman–Crippen LogP) is 32.2. The fraction of sp³-hybridized carbons (Fsp3) is 0.0357. The molecule has 0 fully saturated rings. The van der Waals surface area contributed by atoms with Crippen molar-refractivity contribution in [1.82, 2.24) is 9.13 Å². The summed E-state index contributed by atoms with van der Waals surface area (Å²) in [5.41, 5.74) is 33.0. The number of hydrogen-bond donors (Lipinski definition) is 0. The smallest absolute Gasteiger partial charge is 0.0547 e. The number of aryl methyl sites for hydroxylation is 4. The van der Waals surface area contributed by atoms with E-state index in [-0.39, 0.29) is 0 Å². The van der Waals surface area contributed by atoms with Crippen LogP contribution in [0.4, 0.5) is 0 Å². The summed E-state index contributed by atoms with van der Waals surface area (Å²) in [5, 5.41) is 10.6. The number of rotatable bonds is 10. The van der Waals surface area contributed by atoms with Crippen LogP contribution in [0.2, 0.25) is 0 Å². The number of para-hydroxylation sites is 4. The highest BCUT2D eigenvalue weighted by Gasteiger charge is 2.20. The van der Waals surface area contributed by atoms with Crippen LogP contribution < -0.4 is 0 Å². The van der Waals surface area contributed by atoms with E-state index in [1.54, 1.807) is 0 Å². The summed E-state index contributed by atoms with van der Waals surface area (Å²) in [6.45, 7) is 8.75. The number of thiophene rings is 2. The molecule has 4 heteroatoms. The lowest BCUT2D eigenvalue weighted by atomic mass is 9.94. The maximum atomic E-state index is 2.37. The fourth-order valence-electron chi connectivity index (χ4n) is 17.3. The number of benzene rings is 18. The van der Waals surface area contributed by atoms with Crippen LogP contribution in [-0.2, 0) is 0 Å². The van der Waals surface area contributed by atoms with Gasteiger partial charge in [0.2, 0.25) is 0 Å². The second-order valence-corrected chi connectivity index (χ2v) is 32.1. The van der Waals surface area contributed by atoms with E-state index < -0.39 is 0 Å². The van der Waals surface area contributed by atoms with Crippen LogP contribution in [-0.4, -0.2) is 9.13 Å². The van der Waals surface area contributed by atoms with E-state index in [1.165, 1.54) is 207 Å². The van der Waals surface area contributed by atoms with Crippen molar-refractivity contribution < 1.29 is 0 Å². The van der Waals surface area contributed by atoms with Crippen LogP contribution in [0.15, 0.2) is 425 Å². The van der Waals surface area contributed by atoms with Crippen molar-refractivity contribution in [3.63, 3.8) is 0 Å². The van der Waals surface area contributed by atoms with Gasteiger partial charge in [0.1, 0.15) is 0 Å². The first-order chi connectivity index (χ1) is 57.2. The van der Waals surface area contributed by atoms with Crippen molar-refractivity contribution in [2.75, 3.05) is 0 Å². The summed E-state index contributed by atoms with van der Waals surface area (Å²) in [6.07, 6.45) is 0. The molecule has 0 aliphatic rings. The van der Waals surface area contributed by atoms with Crippen LogP contribution in [0.1, 0.15) is 22.3 Å². The second-order valence-electron chi connectivity index (χ2n) is 29.9. The van der Waals surface area contributed by atoms with E-state index in [1.807, 2.05) is 22.7 Å². The molecule has 0 amide bonds. The number of hydrogen-bond acceptors (Lipinski definition) is 2. The van der Waals surface area contributed by atoms with Gasteiger partial charge in [-0.3, -0.25) is 0 Å². The van der Waals surface area contributed by atoms with Gasteiger partial charge >= 0.3 is 0 Å². The lowest BCUT2D eigenvalue weighted by molar-refractivity contribution is 1.18. The number of nitrogens with zero attached hydrogens (tertiary/aromatic N) is 2. The molecular formula is C112H82N2S2. The third-order valence-corrected chi connectivity index (χ3v) is 25.0. The molecule has 2 nitrogen and oxygen atoms in total. The van der Waals surface area contributed by atoms with Crippen LogP contribution in [0.5, 0.6) is 0 Å². The van der Waals surface area contributed by atoms with Gasteiger partial charge in [0, 0.05) is 73.3 Å². The maximum absolute atomic E-state index is 2.37. The van der Waals surface area contributed by atoms with Gasteiger partial charge < -0.3 is 9.13 Å². The van der Waals surface area contributed by atoms with Gasteiger partial charge in [-0.05, 0) is 212 Å². The molecule has 0 spiro atoms. The van der Waals surface area contributed by atoms with Gasteiger partial charge in [0.15, 0.2) is 0 Å². The molecule has 0 aliphatic carbocycles. The molecule has 116 heavy (non-hydrogen) atoms. The Bertz CT molecular complexity index is 7330. The van der Waals surface area contributed by atoms with E-state index in [9.17, 15) is 0 Å². The Hall–Kier alpha value is -14.0. The zero-order valence-electron chi connectivity index (χ0n) is 65.1. The summed E-state index contributed by atoms with van der Waals surface area (Å²) in [6, 6.07) is 153. The predicted molar refractivity (Wildman–Crippen MR) is 503 cm³/mol. The minimum Gasteiger partial charge on any atom is -0.309 e. The SMILES string of the molecule is Cc1cc(-c2cccc3c2c2ccccc2n3-c2ccccc2)ccc1-c1ccccc1.Cc1cc(-c2cccc3sc4ccccc4c23)ccc1-c1ccccc1.Cc1ccccc1-c1ccc(-c2cccc3c2c2ccccc2n3-c2ccccc2)cc1.Cc1ccccc1-c1ccc(-c2cccc3sc4ccccc4c23)cc1. The Morgan fingerprint density at radius 1 is 0.164 bits per heavy atom. The van der Waals surface area contributed by atoms with Gasteiger partial charge in [0.05, 0.1) is 22.1 Å². The summed E-state index contributed by atoms with van der Waals surface area (Å²) in [7, 11) is 0. The van der Waals surface area contributed by atoms with Crippen molar-refractivity contribution in [3.8, 4) is 100 Å². The van der Waals surface area contributed by atoms with Crippen molar-refractivity contribution in [2.45, 2.75) is 27.7 Å². The van der Waals surface area contributed by atoms with E-state index in [0.717, 1.165) is 0 Å². The minimum atomic E-state index is 1.19. The van der Waals surface area contributed by atoms with Crippen LogP contribution in [0.3, 0.4) is 0 Å². The molecular weight excluding hydrogens is 1440 g/mol. The molecule has 0 saturated heterocycles. The average Bonchev–Trinajstić information content (AvgIpc) is 1.59. The highest BCUT2D eigenvalue weighted by molar-refractivity contribution is 7.26. The Kier molecular flexibility index (Phi) is 19.9. The third-order valence-electron chi connectivity index (χ3n) is 22.8. The highest BCUT2D eigenvalue weighted by atomic mass is 32.1.